The summed E-state index contributed by atoms with van der Waals surface area (Å²) in [4.78, 5) is 33.3. The highest BCUT2D eigenvalue weighted by molar-refractivity contribution is 6.34. The first-order valence-corrected chi connectivity index (χ1v) is 15.8. The number of aromatic amines is 1. The van der Waals surface area contributed by atoms with Crippen molar-refractivity contribution in [3.05, 3.63) is 65.4 Å². The van der Waals surface area contributed by atoms with E-state index >= 15 is 0 Å². The van der Waals surface area contributed by atoms with E-state index in [4.69, 9.17) is 16.3 Å². The molecule has 9 nitrogen and oxygen atoms in total. The molecule has 2 aromatic carbocycles. The summed E-state index contributed by atoms with van der Waals surface area (Å²) in [5, 5.41) is 10.7. The molecular formula is C33H41ClN6O3. The first kappa shape index (κ1) is 29.5. The van der Waals surface area contributed by atoms with E-state index in [-0.39, 0.29) is 17.7 Å². The number of piperidine rings is 1. The summed E-state index contributed by atoms with van der Waals surface area (Å²) in [5.74, 6) is 0.554. The fraction of sp³-hybridized carbons (Fsp3) is 0.485. The van der Waals surface area contributed by atoms with Crippen molar-refractivity contribution in [1.82, 2.24) is 25.3 Å². The van der Waals surface area contributed by atoms with Gasteiger partial charge in [0.1, 0.15) is 10.8 Å². The number of carbonyl (C=O) groups is 2. The highest BCUT2D eigenvalue weighted by atomic mass is 35.5. The summed E-state index contributed by atoms with van der Waals surface area (Å²) in [5.41, 5.74) is 3.07. The zero-order chi connectivity index (χ0) is 30.0. The smallest absolute Gasteiger partial charge is 0.266 e. The molecule has 0 spiro atoms. The number of halogens is 1. The third-order valence-corrected chi connectivity index (χ3v) is 9.13. The fourth-order valence-electron chi connectivity index (χ4n) is 6.20. The van der Waals surface area contributed by atoms with Gasteiger partial charge in [0.25, 0.3) is 5.91 Å². The fourth-order valence-corrected chi connectivity index (χ4v) is 6.49. The lowest BCUT2D eigenvalue weighted by molar-refractivity contribution is -0.146. The summed E-state index contributed by atoms with van der Waals surface area (Å²) in [6, 6.07) is 14.4. The number of hydrogen-bond donors (Lipinski definition) is 2. The van der Waals surface area contributed by atoms with Crippen LogP contribution in [0.5, 0.6) is 5.75 Å². The summed E-state index contributed by atoms with van der Waals surface area (Å²) in [6.07, 6.45) is 7.57. The Morgan fingerprint density at radius 3 is 2.51 bits per heavy atom. The van der Waals surface area contributed by atoms with E-state index in [2.05, 4.69) is 49.6 Å². The van der Waals surface area contributed by atoms with Gasteiger partial charge < -0.3 is 24.8 Å². The van der Waals surface area contributed by atoms with E-state index in [0.717, 1.165) is 67.7 Å². The quantitative estimate of drug-likeness (QED) is 0.367. The number of ether oxygens (including phenoxy) is 1. The van der Waals surface area contributed by atoms with Gasteiger partial charge in [-0.25, -0.2) is 0 Å². The van der Waals surface area contributed by atoms with Crippen molar-refractivity contribution in [1.29, 1.82) is 0 Å². The summed E-state index contributed by atoms with van der Waals surface area (Å²) < 4.78 is 6.28. The molecule has 43 heavy (non-hydrogen) atoms. The molecule has 2 saturated heterocycles. The Labute approximate surface area is 258 Å². The van der Waals surface area contributed by atoms with Crippen molar-refractivity contribution in [2.24, 2.45) is 5.92 Å². The average molecular weight is 605 g/mol. The molecule has 2 aliphatic heterocycles. The largest absolute Gasteiger partial charge is 0.476 e. The van der Waals surface area contributed by atoms with Gasteiger partial charge in [-0.05, 0) is 62.8 Å². The van der Waals surface area contributed by atoms with Gasteiger partial charge in [-0.1, -0.05) is 41.9 Å². The van der Waals surface area contributed by atoms with Crippen molar-refractivity contribution in [3.8, 4) is 16.9 Å². The number of nitrogens with zero attached hydrogens (tertiary/aromatic N) is 4. The number of carbonyl (C=O) groups excluding carboxylic acids is 2. The van der Waals surface area contributed by atoms with Gasteiger partial charge in [0.05, 0.1) is 17.8 Å². The molecule has 2 amide bonds. The van der Waals surface area contributed by atoms with Gasteiger partial charge in [0.2, 0.25) is 5.91 Å². The van der Waals surface area contributed by atoms with Gasteiger partial charge >= 0.3 is 0 Å². The highest BCUT2D eigenvalue weighted by Gasteiger charge is 2.39. The van der Waals surface area contributed by atoms with E-state index in [1.165, 1.54) is 0 Å². The number of nitrogens with one attached hydrogen (secondary N) is 2. The van der Waals surface area contributed by atoms with Crippen LogP contribution in [0.3, 0.4) is 0 Å². The average Bonchev–Trinajstić information content (AvgIpc) is 3.73. The Morgan fingerprint density at radius 2 is 1.81 bits per heavy atom. The first-order valence-electron chi connectivity index (χ1n) is 15.4. The molecule has 1 saturated carbocycles. The third kappa shape index (κ3) is 6.68. The lowest BCUT2D eigenvalue weighted by atomic mass is 9.95. The first-order chi connectivity index (χ1) is 20.8. The van der Waals surface area contributed by atoms with Crippen molar-refractivity contribution in [3.63, 3.8) is 0 Å². The SMILES string of the molecule is CC(C)(Oc1cccc(N2CCC[C@@H](C(=O)N(Cc3ccc(-c4cn[nH]c4)cc3)C3CC3)C2)c1Cl)C(=O)N1CCNCC1. The summed E-state index contributed by atoms with van der Waals surface area (Å²) >= 11 is 6.94. The lowest BCUT2D eigenvalue weighted by Crippen LogP contribution is -2.54. The standard InChI is InChI=1S/C33H41ClN6O3/c1-33(2,32(42)38-17-14-35-15-18-38)43-29-7-3-6-28(30(29)34)39-16-4-5-25(22-39)31(41)40(27-12-13-27)21-23-8-10-24(11-9-23)26-19-36-37-20-26/h3,6-11,19-20,25,27,35H,4-5,12-18,21-22H2,1-2H3,(H,36,37)/t25-/m1/s1. The van der Waals surface area contributed by atoms with Crippen LogP contribution in [0, 0.1) is 5.92 Å². The van der Waals surface area contributed by atoms with Crippen LogP contribution in [0.1, 0.15) is 45.1 Å². The monoisotopic (exact) mass is 604 g/mol. The molecule has 0 unspecified atom stereocenters. The van der Waals surface area contributed by atoms with Crippen molar-refractivity contribution < 1.29 is 14.3 Å². The molecule has 228 valence electrons. The summed E-state index contributed by atoms with van der Waals surface area (Å²) in [6.45, 7) is 8.52. The van der Waals surface area contributed by atoms with Crippen LogP contribution in [0.2, 0.25) is 5.02 Å². The van der Waals surface area contributed by atoms with Crippen LogP contribution < -0.4 is 15.0 Å². The van der Waals surface area contributed by atoms with Gasteiger partial charge in [-0.2, -0.15) is 5.10 Å². The number of hydrogen-bond acceptors (Lipinski definition) is 6. The Hall–Kier alpha value is -3.56. The number of benzene rings is 2. The van der Waals surface area contributed by atoms with Crippen LogP contribution in [-0.2, 0) is 16.1 Å². The van der Waals surface area contributed by atoms with E-state index in [9.17, 15) is 9.59 Å². The van der Waals surface area contributed by atoms with Crippen LogP contribution >= 0.6 is 11.6 Å². The Bertz CT molecular complexity index is 1420. The number of aromatic nitrogens is 2. The normalized spacial score (nSPS) is 19.3. The number of rotatable bonds is 9. The second kappa shape index (κ2) is 12.6. The second-order valence-corrected chi connectivity index (χ2v) is 12.8. The molecule has 1 atom stereocenters. The number of piperazine rings is 1. The predicted octanol–water partition coefficient (Wildman–Crippen LogP) is 4.73. The lowest BCUT2D eigenvalue weighted by Gasteiger charge is -2.37. The molecule has 1 aliphatic carbocycles. The minimum absolute atomic E-state index is 0.0459. The van der Waals surface area contributed by atoms with Crippen molar-refractivity contribution in [2.75, 3.05) is 44.2 Å². The maximum Gasteiger partial charge on any atom is 0.266 e. The molecule has 0 radical (unpaired) electrons. The number of H-pyrrole nitrogens is 1. The van der Waals surface area contributed by atoms with Crippen molar-refractivity contribution >= 4 is 29.1 Å². The van der Waals surface area contributed by atoms with Gasteiger partial charge in [-0.15, -0.1) is 0 Å². The van der Waals surface area contributed by atoms with E-state index in [0.29, 0.717) is 43.0 Å². The van der Waals surface area contributed by atoms with Crippen LogP contribution in [0.4, 0.5) is 5.69 Å². The Balaban J connectivity index is 1.13. The van der Waals surface area contributed by atoms with E-state index in [1.807, 2.05) is 35.5 Å². The second-order valence-electron chi connectivity index (χ2n) is 12.4. The molecule has 3 fully saturated rings. The number of amides is 2. The molecule has 2 N–H and O–H groups in total. The maximum absolute atomic E-state index is 14.0. The van der Waals surface area contributed by atoms with Gasteiger partial charge in [0.15, 0.2) is 5.60 Å². The van der Waals surface area contributed by atoms with Gasteiger partial charge in [-0.3, -0.25) is 14.7 Å². The minimum Gasteiger partial charge on any atom is -0.476 e. The Morgan fingerprint density at radius 1 is 1.05 bits per heavy atom. The van der Waals surface area contributed by atoms with Crippen LogP contribution in [0.15, 0.2) is 54.9 Å². The molecule has 3 aliphatic rings. The number of anilines is 1. The van der Waals surface area contributed by atoms with E-state index < -0.39 is 5.60 Å². The van der Waals surface area contributed by atoms with Crippen LogP contribution in [-0.4, -0.2) is 82.7 Å². The minimum atomic E-state index is -1.05. The molecule has 1 aromatic heterocycles. The maximum atomic E-state index is 14.0. The zero-order valence-electron chi connectivity index (χ0n) is 25.0. The highest BCUT2D eigenvalue weighted by Crippen LogP contribution is 2.39. The molecule has 3 aromatic rings. The third-order valence-electron chi connectivity index (χ3n) is 8.75. The zero-order valence-corrected chi connectivity index (χ0v) is 25.8. The topological polar surface area (TPSA) is 93.8 Å². The van der Waals surface area contributed by atoms with E-state index in [1.54, 1.807) is 13.8 Å². The summed E-state index contributed by atoms with van der Waals surface area (Å²) in [7, 11) is 0. The molecule has 10 heteroatoms. The van der Waals surface area contributed by atoms with Crippen molar-refractivity contribution in [2.45, 2.75) is 57.7 Å². The Kier molecular flexibility index (Phi) is 8.63. The predicted molar refractivity (Wildman–Crippen MR) is 168 cm³/mol. The molecular weight excluding hydrogens is 564 g/mol. The molecule has 3 heterocycles. The molecule has 6 rings (SSSR count). The molecule has 0 bridgehead atoms. The van der Waals surface area contributed by atoms with Crippen LogP contribution in [0.25, 0.3) is 11.1 Å². The van der Waals surface area contributed by atoms with Gasteiger partial charge in [0, 0.05) is 63.6 Å².